The van der Waals surface area contributed by atoms with Crippen molar-refractivity contribution in [2.75, 3.05) is 5.32 Å². The largest absolute Gasteiger partial charge is 0.478 e. The maximum Gasteiger partial charge on any atom is 0.335 e. The molecule has 19 heavy (non-hydrogen) atoms. The fourth-order valence-electron chi connectivity index (χ4n) is 1.28. The van der Waals surface area contributed by atoms with Crippen molar-refractivity contribution in [3.63, 3.8) is 0 Å². The molecule has 0 aliphatic carbocycles. The van der Waals surface area contributed by atoms with E-state index in [0.29, 0.717) is 0 Å². The van der Waals surface area contributed by atoms with E-state index in [1.807, 2.05) is 0 Å². The summed E-state index contributed by atoms with van der Waals surface area (Å²) >= 11 is 0. The summed E-state index contributed by atoms with van der Waals surface area (Å²) in [6, 6.07) is 1.78. The van der Waals surface area contributed by atoms with Crippen molar-refractivity contribution in [3.05, 3.63) is 29.6 Å². The molecule has 0 bridgehead atoms. The summed E-state index contributed by atoms with van der Waals surface area (Å²) in [7, 11) is 0. The number of carboxylic acids is 1. The predicted octanol–water partition coefficient (Wildman–Crippen LogP) is -0.335. The number of primary amides is 1. The predicted molar refractivity (Wildman–Crippen MR) is 63.8 cm³/mol. The monoisotopic (exact) mass is 269 g/mol. The van der Waals surface area contributed by atoms with Crippen molar-refractivity contribution in [3.8, 4) is 0 Å². The molecule has 6 N–H and O–H groups in total. The van der Waals surface area contributed by atoms with Crippen LogP contribution in [0.15, 0.2) is 18.2 Å². The molecule has 102 valence electrons. The Morgan fingerprint density at radius 3 is 2.47 bits per heavy atom. The summed E-state index contributed by atoms with van der Waals surface area (Å²) < 4.78 is 13.5. The molecular weight excluding hydrogens is 257 g/mol. The van der Waals surface area contributed by atoms with Gasteiger partial charge in [0, 0.05) is 0 Å². The van der Waals surface area contributed by atoms with Crippen LogP contribution in [0.4, 0.5) is 10.1 Å². The Morgan fingerprint density at radius 2 is 2.00 bits per heavy atom. The first kappa shape index (κ1) is 14.6. The number of carbonyl (C=O) groups excluding carboxylic acids is 2. The summed E-state index contributed by atoms with van der Waals surface area (Å²) in [5, 5.41) is 10.8. The molecule has 1 aromatic carbocycles. The number of amides is 2. The molecule has 0 saturated heterocycles. The molecule has 0 spiro atoms. The van der Waals surface area contributed by atoms with Crippen molar-refractivity contribution in [1.29, 1.82) is 0 Å². The second-order valence-electron chi connectivity index (χ2n) is 3.77. The van der Waals surface area contributed by atoms with E-state index in [2.05, 4.69) is 5.32 Å². The smallest absolute Gasteiger partial charge is 0.335 e. The molecule has 1 rings (SSSR count). The van der Waals surface area contributed by atoms with Gasteiger partial charge in [0.1, 0.15) is 5.82 Å². The van der Waals surface area contributed by atoms with Crippen molar-refractivity contribution < 1.29 is 23.9 Å². The maximum atomic E-state index is 13.5. The average molecular weight is 269 g/mol. The molecule has 1 unspecified atom stereocenters. The van der Waals surface area contributed by atoms with Crippen LogP contribution < -0.4 is 16.8 Å². The zero-order valence-corrected chi connectivity index (χ0v) is 9.72. The van der Waals surface area contributed by atoms with Gasteiger partial charge >= 0.3 is 5.97 Å². The minimum atomic E-state index is -1.29. The van der Waals surface area contributed by atoms with Gasteiger partial charge in [0.2, 0.25) is 11.8 Å². The minimum absolute atomic E-state index is 0.227. The van der Waals surface area contributed by atoms with E-state index in [1.54, 1.807) is 0 Å². The number of carboxylic acid groups (broad SMARTS) is 1. The van der Waals surface area contributed by atoms with Crippen LogP contribution in [0.3, 0.4) is 0 Å². The minimum Gasteiger partial charge on any atom is -0.478 e. The number of aromatic carboxylic acids is 1. The van der Waals surface area contributed by atoms with Gasteiger partial charge in [0.25, 0.3) is 0 Å². The molecule has 0 saturated carbocycles. The van der Waals surface area contributed by atoms with Gasteiger partial charge in [0.15, 0.2) is 0 Å². The van der Waals surface area contributed by atoms with Gasteiger partial charge < -0.3 is 21.9 Å². The molecule has 0 aliphatic rings. The average Bonchev–Trinajstić information content (AvgIpc) is 2.30. The standard InChI is InChI=1S/C11H12FN3O4/c12-6-3-5(11(18)19)1-2-8(6)15-10(17)7(13)4-9(14)16/h1-3,7H,4,13H2,(H2,14,16)(H,15,17)(H,18,19). The van der Waals surface area contributed by atoms with Gasteiger partial charge in [-0.25, -0.2) is 9.18 Å². The molecule has 8 heteroatoms. The van der Waals surface area contributed by atoms with Crippen LogP contribution in [0.1, 0.15) is 16.8 Å². The van der Waals surface area contributed by atoms with Crippen molar-refractivity contribution >= 4 is 23.5 Å². The highest BCUT2D eigenvalue weighted by Crippen LogP contribution is 2.16. The number of halogens is 1. The van der Waals surface area contributed by atoms with Crippen LogP contribution in [-0.4, -0.2) is 28.9 Å². The first-order valence-corrected chi connectivity index (χ1v) is 5.19. The van der Waals surface area contributed by atoms with E-state index < -0.39 is 29.6 Å². The lowest BCUT2D eigenvalue weighted by atomic mass is 10.1. The summed E-state index contributed by atoms with van der Waals surface area (Å²) in [6.45, 7) is 0. The second kappa shape index (κ2) is 5.91. The fraction of sp³-hybridized carbons (Fsp3) is 0.182. The molecule has 1 aromatic rings. The highest BCUT2D eigenvalue weighted by Gasteiger charge is 2.18. The van der Waals surface area contributed by atoms with Gasteiger partial charge in [-0.1, -0.05) is 0 Å². The first-order valence-electron chi connectivity index (χ1n) is 5.19. The number of hydrogen-bond donors (Lipinski definition) is 4. The van der Waals surface area contributed by atoms with Crippen LogP contribution in [0, 0.1) is 5.82 Å². The summed E-state index contributed by atoms with van der Waals surface area (Å²) in [4.78, 5) is 32.7. The fourth-order valence-corrected chi connectivity index (χ4v) is 1.28. The maximum absolute atomic E-state index is 13.5. The number of anilines is 1. The second-order valence-corrected chi connectivity index (χ2v) is 3.77. The lowest BCUT2D eigenvalue weighted by Gasteiger charge is -2.11. The topological polar surface area (TPSA) is 136 Å². The molecule has 2 amide bonds. The number of carbonyl (C=O) groups is 3. The number of rotatable bonds is 5. The zero-order chi connectivity index (χ0) is 14.6. The number of hydrogen-bond acceptors (Lipinski definition) is 4. The Kier molecular flexibility index (Phi) is 4.54. The Bertz CT molecular complexity index is 533. The third-order valence-electron chi connectivity index (χ3n) is 2.23. The SMILES string of the molecule is NC(=O)CC(N)C(=O)Nc1ccc(C(=O)O)cc1F. The van der Waals surface area contributed by atoms with Gasteiger partial charge in [-0.3, -0.25) is 9.59 Å². The molecule has 7 nitrogen and oxygen atoms in total. The van der Waals surface area contributed by atoms with Gasteiger partial charge in [-0.15, -0.1) is 0 Å². The molecule has 0 fully saturated rings. The first-order chi connectivity index (χ1) is 8.81. The Labute approximate surface area is 107 Å². The number of nitrogens with two attached hydrogens (primary N) is 2. The molecule has 0 radical (unpaired) electrons. The van der Waals surface area contributed by atoms with Gasteiger partial charge in [-0.2, -0.15) is 0 Å². The Hall–Kier alpha value is -2.48. The van der Waals surface area contributed by atoms with E-state index in [1.165, 1.54) is 0 Å². The number of nitrogens with one attached hydrogen (secondary N) is 1. The quantitative estimate of drug-likeness (QED) is 0.580. The number of benzene rings is 1. The van der Waals surface area contributed by atoms with Crippen molar-refractivity contribution in [1.82, 2.24) is 0 Å². The molecule has 1 atom stereocenters. The summed E-state index contributed by atoms with van der Waals surface area (Å²) in [6.07, 6.45) is -0.374. The van der Waals surface area contributed by atoms with E-state index in [0.717, 1.165) is 18.2 Å². The Morgan fingerprint density at radius 1 is 1.37 bits per heavy atom. The lowest BCUT2D eigenvalue weighted by Crippen LogP contribution is -2.39. The third-order valence-corrected chi connectivity index (χ3v) is 2.23. The van der Waals surface area contributed by atoms with Crippen molar-refractivity contribution in [2.45, 2.75) is 12.5 Å². The highest BCUT2D eigenvalue weighted by molar-refractivity contribution is 5.97. The molecule has 0 heterocycles. The van der Waals surface area contributed by atoms with Crippen LogP contribution in [-0.2, 0) is 9.59 Å². The molecule has 0 aliphatic heterocycles. The van der Waals surface area contributed by atoms with Crippen molar-refractivity contribution in [2.24, 2.45) is 11.5 Å². The van der Waals surface area contributed by atoms with Gasteiger partial charge in [-0.05, 0) is 18.2 Å². The van der Waals surface area contributed by atoms with Crippen LogP contribution in [0.5, 0.6) is 0 Å². The Balaban J connectivity index is 2.80. The van der Waals surface area contributed by atoms with E-state index in [9.17, 15) is 18.8 Å². The lowest BCUT2D eigenvalue weighted by molar-refractivity contribution is -0.123. The van der Waals surface area contributed by atoms with Crippen LogP contribution in [0.25, 0.3) is 0 Å². The summed E-state index contributed by atoms with van der Waals surface area (Å²) in [5.74, 6) is -3.76. The van der Waals surface area contributed by atoms with Gasteiger partial charge in [0.05, 0.1) is 23.7 Å². The zero-order valence-electron chi connectivity index (χ0n) is 9.72. The molecular formula is C11H12FN3O4. The third kappa shape index (κ3) is 4.03. The van der Waals surface area contributed by atoms with E-state index >= 15 is 0 Å². The normalized spacial score (nSPS) is 11.7. The van der Waals surface area contributed by atoms with Crippen LogP contribution in [0.2, 0.25) is 0 Å². The van der Waals surface area contributed by atoms with Crippen LogP contribution >= 0.6 is 0 Å². The molecule has 0 aromatic heterocycles. The summed E-state index contributed by atoms with van der Waals surface area (Å²) in [5.41, 5.74) is 9.75. The highest BCUT2D eigenvalue weighted by atomic mass is 19.1. The van der Waals surface area contributed by atoms with E-state index in [-0.39, 0.29) is 17.7 Å². The van der Waals surface area contributed by atoms with E-state index in [4.69, 9.17) is 16.6 Å².